The van der Waals surface area contributed by atoms with Gasteiger partial charge >= 0.3 is 12.1 Å². The molecule has 1 amide bonds. The Bertz CT molecular complexity index is 1310. The molecule has 5 nitrogen and oxygen atoms in total. The zero-order valence-corrected chi connectivity index (χ0v) is 18.2. The van der Waals surface area contributed by atoms with E-state index in [1.807, 2.05) is 6.92 Å². The second-order valence-corrected chi connectivity index (χ2v) is 9.80. The van der Waals surface area contributed by atoms with Gasteiger partial charge in [0.2, 0.25) is 0 Å². The Morgan fingerprint density at radius 1 is 1.18 bits per heavy atom. The van der Waals surface area contributed by atoms with E-state index in [0.29, 0.717) is 29.3 Å². The Kier molecular flexibility index (Phi) is 4.83. The molecule has 2 aromatic carbocycles. The van der Waals surface area contributed by atoms with Crippen LogP contribution < -0.4 is 5.32 Å². The largest absolute Gasteiger partial charge is 0.481 e. The summed E-state index contributed by atoms with van der Waals surface area (Å²) in [5.74, 6) is -1.82. The minimum absolute atomic E-state index is 0.0372. The van der Waals surface area contributed by atoms with Crippen LogP contribution in [0.2, 0.25) is 0 Å². The average molecular weight is 474 g/mol. The SMILES string of the molecule is C[C@@]1(CC(=O)O)CC2(NC(=O)c3cc(F)cc4ccn(Cc5ccc(C(F)(F)F)cc5)c34)C[C@H]21. The second-order valence-electron chi connectivity index (χ2n) is 9.80. The van der Waals surface area contributed by atoms with E-state index < -0.39 is 35.0 Å². The Balaban J connectivity index is 1.40. The molecule has 3 atom stereocenters. The van der Waals surface area contributed by atoms with E-state index in [1.165, 1.54) is 18.2 Å². The predicted octanol–water partition coefficient (Wildman–Crippen LogP) is 5.22. The molecule has 5 rings (SSSR count). The molecule has 2 aliphatic carbocycles. The van der Waals surface area contributed by atoms with Crippen LogP contribution in [0.5, 0.6) is 0 Å². The van der Waals surface area contributed by atoms with Crippen LogP contribution in [-0.4, -0.2) is 27.1 Å². The van der Waals surface area contributed by atoms with Crippen LogP contribution in [0, 0.1) is 17.2 Å². The van der Waals surface area contributed by atoms with Crippen molar-refractivity contribution in [1.82, 2.24) is 9.88 Å². The van der Waals surface area contributed by atoms with Crippen LogP contribution in [0.25, 0.3) is 10.9 Å². The molecule has 2 fully saturated rings. The first-order chi connectivity index (χ1) is 15.9. The van der Waals surface area contributed by atoms with Gasteiger partial charge in [-0.25, -0.2) is 4.39 Å². The first-order valence-corrected chi connectivity index (χ1v) is 10.9. The lowest BCUT2D eigenvalue weighted by Crippen LogP contribution is -2.52. The number of carbonyl (C=O) groups excluding carboxylic acids is 1. The first-order valence-electron chi connectivity index (χ1n) is 10.9. The standard InChI is InChI=1S/C25H22F4N2O3/c1-23(11-20(32)33)13-24(10-19(23)24)30-22(34)18-9-17(26)8-15-6-7-31(21(15)18)12-14-2-4-16(5-3-14)25(27,28)29/h2-9,19H,10-13H2,1H3,(H,30,34)(H,32,33)/t19-,23+,24?/m0/s1. The highest BCUT2D eigenvalue weighted by Gasteiger charge is 2.73. The van der Waals surface area contributed by atoms with Crippen molar-refractivity contribution < 1.29 is 32.3 Å². The van der Waals surface area contributed by atoms with Crippen molar-refractivity contribution >= 4 is 22.8 Å². The third kappa shape index (κ3) is 3.73. The molecule has 34 heavy (non-hydrogen) atoms. The molecule has 2 saturated carbocycles. The van der Waals surface area contributed by atoms with Crippen molar-refractivity contribution in [1.29, 1.82) is 0 Å². The van der Waals surface area contributed by atoms with Gasteiger partial charge in [0.1, 0.15) is 5.82 Å². The predicted molar refractivity (Wildman–Crippen MR) is 116 cm³/mol. The van der Waals surface area contributed by atoms with E-state index in [2.05, 4.69) is 5.32 Å². The Hall–Kier alpha value is -3.36. The maximum Gasteiger partial charge on any atom is 0.416 e. The molecule has 1 unspecified atom stereocenters. The molecule has 3 aromatic rings. The molecular formula is C25H22F4N2O3. The zero-order valence-electron chi connectivity index (χ0n) is 18.2. The highest BCUT2D eigenvalue weighted by Crippen LogP contribution is 2.71. The molecule has 2 aliphatic rings. The average Bonchev–Trinajstić information content (AvgIpc) is 3.18. The van der Waals surface area contributed by atoms with Gasteiger partial charge in [-0.3, -0.25) is 9.59 Å². The van der Waals surface area contributed by atoms with Crippen LogP contribution in [0.15, 0.2) is 48.7 Å². The highest BCUT2D eigenvalue weighted by atomic mass is 19.4. The Morgan fingerprint density at radius 2 is 1.88 bits per heavy atom. The normalized spacial score (nSPS) is 25.5. The lowest BCUT2D eigenvalue weighted by molar-refractivity contribution is -0.141. The quantitative estimate of drug-likeness (QED) is 0.481. The zero-order chi connectivity index (χ0) is 24.5. The minimum Gasteiger partial charge on any atom is -0.481 e. The van der Waals surface area contributed by atoms with Crippen LogP contribution in [-0.2, 0) is 17.5 Å². The summed E-state index contributed by atoms with van der Waals surface area (Å²) >= 11 is 0. The number of carbonyl (C=O) groups is 2. The molecule has 1 heterocycles. The number of rotatable bonds is 6. The number of aliphatic carboxylic acids is 1. The maximum atomic E-state index is 14.3. The highest BCUT2D eigenvalue weighted by molar-refractivity contribution is 6.06. The number of carboxylic acid groups (broad SMARTS) is 1. The van der Waals surface area contributed by atoms with Crippen molar-refractivity contribution in [2.24, 2.45) is 11.3 Å². The molecule has 1 aromatic heterocycles. The van der Waals surface area contributed by atoms with Gasteiger partial charge in [0.05, 0.1) is 23.1 Å². The summed E-state index contributed by atoms with van der Waals surface area (Å²) < 4.78 is 54.6. The van der Waals surface area contributed by atoms with Gasteiger partial charge in [0.15, 0.2) is 0 Å². The molecule has 9 heteroatoms. The summed E-state index contributed by atoms with van der Waals surface area (Å²) in [5.41, 5.74) is -0.335. The van der Waals surface area contributed by atoms with Crippen molar-refractivity contribution in [3.63, 3.8) is 0 Å². The Labute approximate surface area is 192 Å². The summed E-state index contributed by atoms with van der Waals surface area (Å²) in [4.78, 5) is 24.3. The van der Waals surface area contributed by atoms with E-state index in [-0.39, 0.29) is 29.9 Å². The smallest absolute Gasteiger partial charge is 0.416 e. The number of fused-ring (bicyclic) bond motifs is 2. The number of alkyl halides is 3. The molecule has 0 radical (unpaired) electrons. The first kappa shape index (κ1) is 22.4. The third-order valence-electron chi connectivity index (χ3n) is 7.26. The Morgan fingerprint density at radius 3 is 2.50 bits per heavy atom. The van der Waals surface area contributed by atoms with Gasteiger partial charge in [0, 0.05) is 23.7 Å². The molecule has 178 valence electrons. The lowest BCUT2D eigenvalue weighted by Gasteiger charge is -2.44. The topological polar surface area (TPSA) is 71.3 Å². The summed E-state index contributed by atoms with van der Waals surface area (Å²) in [5, 5.41) is 12.6. The van der Waals surface area contributed by atoms with Crippen molar-refractivity contribution in [2.45, 2.75) is 44.4 Å². The third-order valence-corrected chi connectivity index (χ3v) is 7.26. The van der Waals surface area contributed by atoms with E-state index in [1.54, 1.807) is 16.8 Å². The summed E-state index contributed by atoms with van der Waals surface area (Å²) in [6.45, 7) is 2.11. The van der Waals surface area contributed by atoms with Crippen molar-refractivity contribution in [2.75, 3.05) is 0 Å². The molecule has 2 N–H and O–H groups in total. The molecule has 0 bridgehead atoms. The molecular weight excluding hydrogens is 452 g/mol. The fourth-order valence-electron chi connectivity index (χ4n) is 5.75. The van der Waals surface area contributed by atoms with E-state index in [4.69, 9.17) is 5.11 Å². The van der Waals surface area contributed by atoms with Gasteiger partial charge in [-0.15, -0.1) is 0 Å². The number of halogens is 4. The van der Waals surface area contributed by atoms with Crippen molar-refractivity contribution in [3.05, 3.63) is 71.2 Å². The number of nitrogens with zero attached hydrogens (tertiary/aromatic N) is 1. The number of hydrogen-bond donors (Lipinski definition) is 2. The lowest BCUT2D eigenvalue weighted by atomic mass is 9.65. The summed E-state index contributed by atoms with van der Waals surface area (Å²) in [6.07, 6.45) is -1.48. The fraction of sp³-hybridized carbons (Fsp3) is 0.360. The number of amides is 1. The van der Waals surface area contributed by atoms with Crippen LogP contribution in [0.4, 0.5) is 17.6 Å². The number of carboxylic acids is 1. The fourth-order valence-corrected chi connectivity index (χ4v) is 5.75. The second kappa shape index (κ2) is 7.32. The van der Waals surface area contributed by atoms with Gasteiger partial charge in [-0.2, -0.15) is 13.2 Å². The number of aromatic nitrogens is 1. The van der Waals surface area contributed by atoms with E-state index in [0.717, 1.165) is 18.2 Å². The minimum atomic E-state index is -4.43. The van der Waals surface area contributed by atoms with E-state index >= 15 is 0 Å². The van der Waals surface area contributed by atoms with Gasteiger partial charge < -0.3 is 15.0 Å². The summed E-state index contributed by atoms with van der Waals surface area (Å²) in [6, 6.07) is 8.89. The van der Waals surface area contributed by atoms with Gasteiger partial charge in [-0.1, -0.05) is 19.1 Å². The number of hydrogen-bond acceptors (Lipinski definition) is 2. The van der Waals surface area contributed by atoms with Crippen LogP contribution in [0.3, 0.4) is 0 Å². The maximum absolute atomic E-state index is 14.3. The van der Waals surface area contributed by atoms with Crippen LogP contribution >= 0.6 is 0 Å². The number of nitrogens with one attached hydrogen (secondary N) is 1. The number of benzene rings is 2. The van der Waals surface area contributed by atoms with Gasteiger partial charge in [-0.05, 0) is 60.1 Å². The van der Waals surface area contributed by atoms with E-state index in [9.17, 15) is 27.2 Å². The van der Waals surface area contributed by atoms with Crippen LogP contribution in [0.1, 0.15) is 47.7 Å². The summed E-state index contributed by atoms with van der Waals surface area (Å²) in [7, 11) is 0. The van der Waals surface area contributed by atoms with Crippen molar-refractivity contribution in [3.8, 4) is 0 Å². The molecule has 0 saturated heterocycles. The molecule has 0 spiro atoms. The monoisotopic (exact) mass is 474 g/mol. The van der Waals surface area contributed by atoms with Gasteiger partial charge in [0.25, 0.3) is 5.91 Å². The molecule has 0 aliphatic heterocycles.